The van der Waals surface area contributed by atoms with Crippen LogP contribution < -0.4 is 10.0 Å². The van der Waals surface area contributed by atoms with Gasteiger partial charge in [-0.3, -0.25) is 9.48 Å². The number of carbonyl (C=O) groups excluding carboxylic acids is 1. The molecule has 23 heavy (non-hydrogen) atoms. The van der Waals surface area contributed by atoms with Gasteiger partial charge in [0.15, 0.2) is 0 Å². The van der Waals surface area contributed by atoms with Crippen LogP contribution in [0.15, 0.2) is 35.2 Å². The predicted octanol–water partition coefficient (Wildman–Crippen LogP) is 0.803. The van der Waals surface area contributed by atoms with Gasteiger partial charge in [0.25, 0.3) is 0 Å². The van der Waals surface area contributed by atoms with Crippen molar-refractivity contribution in [1.29, 1.82) is 0 Å². The van der Waals surface area contributed by atoms with E-state index in [9.17, 15) is 13.2 Å². The molecule has 1 amide bonds. The first kappa shape index (κ1) is 17.2. The molecule has 0 spiro atoms. The summed E-state index contributed by atoms with van der Waals surface area (Å²) >= 11 is 0. The fourth-order valence-corrected chi connectivity index (χ4v) is 4.04. The van der Waals surface area contributed by atoms with Gasteiger partial charge in [-0.15, -0.1) is 0 Å². The van der Waals surface area contributed by atoms with Crippen molar-refractivity contribution in [2.75, 3.05) is 7.05 Å². The molecule has 7 nitrogen and oxygen atoms in total. The van der Waals surface area contributed by atoms with Crippen molar-refractivity contribution in [2.45, 2.75) is 24.8 Å². The number of hydrogen-bond donors (Lipinski definition) is 2. The second-order valence-corrected chi connectivity index (χ2v) is 6.85. The van der Waals surface area contributed by atoms with Crippen LogP contribution in [0.5, 0.6) is 0 Å². The average molecular weight is 336 g/mol. The van der Waals surface area contributed by atoms with E-state index in [1.54, 1.807) is 51.2 Å². The number of nitrogens with zero attached hydrogens (tertiary/aromatic N) is 2. The highest BCUT2D eigenvalue weighted by Gasteiger charge is 2.30. The number of aromatic nitrogens is 2. The van der Waals surface area contributed by atoms with Gasteiger partial charge in [0.2, 0.25) is 15.9 Å². The quantitative estimate of drug-likeness (QED) is 0.845. The standard InChI is InChI=1S/C15H20N4O3S/c1-10-14(11(2)19(4)17-10)23(21,22)18-13(15(20)16-3)12-8-6-5-7-9-12/h5-9,13,18H,1-4H3,(H,16,20). The minimum atomic E-state index is -3.90. The van der Waals surface area contributed by atoms with E-state index in [0.29, 0.717) is 17.0 Å². The van der Waals surface area contributed by atoms with E-state index >= 15 is 0 Å². The summed E-state index contributed by atoms with van der Waals surface area (Å²) in [5.41, 5.74) is 1.47. The van der Waals surface area contributed by atoms with Crippen LogP contribution in [0.1, 0.15) is 23.0 Å². The highest BCUT2D eigenvalue weighted by Crippen LogP contribution is 2.22. The van der Waals surface area contributed by atoms with Crippen LogP contribution in [0, 0.1) is 13.8 Å². The molecule has 1 aromatic carbocycles. The Kier molecular flexibility index (Phi) is 4.86. The third kappa shape index (κ3) is 3.43. The van der Waals surface area contributed by atoms with Crippen molar-refractivity contribution in [3.8, 4) is 0 Å². The van der Waals surface area contributed by atoms with Crippen molar-refractivity contribution in [3.63, 3.8) is 0 Å². The van der Waals surface area contributed by atoms with Crippen LogP contribution in [0.2, 0.25) is 0 Å². The molecule has 0 saturated heterocycles. The van der Waals surface area contributed by atoms with Crippen molar-refractivity contribution < 1.29 is 13.2 Å². The lowest BCUT2D eigenvalue weighted by Gasteiger charge is -2.18. The van der Waals surface area contributed by atoms with Gasteiger partial charge >= 0.3 is 0 Å². The topological polar surface area (TPSA) is 93.1 Å². The van der Waals surface area contributed by atoms with Gasteiger partial charge < -0.3 is 5.32 Å². The molecule has 1 unspecified atom stereocenters. The number of carbonyl (C=O) groups is 1. The monoisotopic (exact) mass is 336 g/mol. The molecule has 0 aliphatic rings. The maximum Gasteiger partial charge on any atom is 0.245 e. The predicted molar refractivity (Wildman–Crippen MR) is 86.3 cm³/mol. The minimum absolute atomic E-state index is 0.102. The third-order valence-electron chi connectivity index (χ3n) is 3.63. The Balaban J connectivity index is 2.45. The fourth-order valence-electron chi connectivity index (χ4n) is 2.42. The van der Waals surface area contributed by atoms with Gasteiger partial charge in [0.1, 0.15) is 10.9 Å². The Hall–Kier alpha value is -2.19. The fraction of sp³-hybridized carbons (Fsp3) is 0.333. The van der Waals surface area contributed by atoms with Crippen molar-refractivity contribution in [3.05, 3.63) is 47.3 Å². The summed E-state index contributed by atoms with van der Waals surface area (Å²) in [5, 5.41) is 6.60. The molecule has 124 valence electrons. The van der Waals surface area contributed by atoms with Crippen LogP contribution in [0.3, 0.4) is 0 Å². The molecule has 0 aliphatic carbocycles. The van der Waals surface area contributed by atoms with Crippen LogP contribution >= 0.6 is 0 Å². The van der Waals surface area contributed by atoms with Crippen molar-refractivity contribution in [2.24, 2.45) is 7.05 Å². The van der Waals surface area contributed by atoms with E-state index < -0.39 is 22.0 Å². The first-order valence-electron chi connectivity index (χ1n) is 7.07. The molecule has 0 bridgehead atoms. The van der Waals surface area contributed by atoms with Crippen LogP contribution in [-0.4, -0.2) is 31.2 Å². The molecular formula is C15H20N4O3S. The summed E-state index contributed by atoms with van der Waals surface area (Å²) in [5.74, 6) is -0.432. The molecule has 1 heterocycles. The average Bonchev–Trinajstić information content (AvgIpc) is 2.78. The molecule has 0 aliphatic heterocycles. The highest BCUT2D eigenvalue weighted by molar-refractivity contribution is 7.89. The molecule has 8 heteroatoms. The summed E-state index contributed by atoms with van der Waals surface area (Å²) in [6, 6.07) is 7.69. The van der Waals surface area contributed by atoms with Gasteiger partial charge in [0, 0.05) is 14.1 Å². The van der Waals surface area contributed by atoms with Crippen LogP contribution in [0.25, 0.3) is 0 Å². The summed E-state index contributed by atoms with van der Waals surface area (Å²) in [4.78, 5) is 12.2. The molecule has 0 radical (unpaired) electrons. The number of amides is 1. The Bertz CT molecular complexity index is 813. The lowest BCUT2D eigenvalue weighted by atomic mass is 10.1. The summed E-state index contributed by atoms with van der Waals surface area (Å²) in [6.45, 7) is 3.30. The molecule has 1 aromatic heterocycles. The maximum absolute atomic E-state index is 12.7. The van der Waals surface area contributed by atoms with Crippen LogP contribution in [-0.2, 0) is 21.9 Å². The number of hydrogen-bond acceptors (Lipinski definition) is 4. The zero-order valence-corrected chi connectivity index (χ0v) is 14.3. The molecule has 2 N–H and O–H groups in total. The normalized spacial score (nSPS) is 12.9. The molecule has 2 rings (SSSR count). The molecular weight excluding hydrogens is 316 g/mol. The second-order valence-electron chi connectivity index (χ2n) is 5.20. The number of aryl methyl sites for hydroxylation is 2. The van der Waals surface area contributed by atoms with Crippen molar-refractivity contribution in [1.82, 2.24) is 19.8 Å². The van der Waals surface area contributed by atoms with E-state index in [1.165, 1.54) is 11.7 Å². The van der Waals surface area contributed by atoms with Gasteiger partial charge in [-0.1, -0.05) is 30.3 Å². The zero-order valence-electron chi connectivity index (χ0n) is 13.5. The Morgan fingerprint density at radius 1 is 1.22 bits per heavy atom. The molecule has 2 aromatic rings. The SMILES string of the molecule is CNC(=O)C(NS(=O)(=O)c1c(C)nn(C)c1C)c1ccccc1. The second kappa shape index (κ2) is 6.51. The Morgan fingerprint density at radius 2 is 1.83 bits per heavy atom. The minimum Gasteiger partial charge on any atom is -0.357 e. The summed E-state index contributed by atoms with van der Waals surface area (Å²) in [7, 11) is -0.757. The van der Waals surface area contributed by atoms with Crippen LogP contribution in [0.4, 0.5) is 0 Å². The summed E-state index contributed by atoms with van der Waals surface area (Å²) in [6.07, 6.45) is 0. The number of benzene rings is 1. The number of likely N-dealkylation sites (N-methyl/N-ethyl adjacent to an activating group) is 1. The van der Waals surface area contributed by atoms with E-state index in [1.807, 2.05) is 0 Å². The van der Waals surface area contributed by atoms with Gasteiger partial charge in [-0.05, 0) is 19.4 Å². The maximum atomic E-state index is 12.7. The number of rotatable bonds is 5. The van der Waals surface area contributed by atoms with E-state index in [-0.39, 0.29) is 4.90 Å². The number of nitrogens with one attached hydrogen (secondary N) is 2. The van der Waals surface area contributed by atoms with E-state index in [4.69, 9.17) is 0 Å². The molecule has 0 fully saturated rings. The summed E-state index contributed by atoms with van der Waals surface area (Å²) < 4.78 is 29.5. The number of sulfonamides is 1. The van der Waals surface area contributed by atoms with Crippen molar-refractivity contribution >= 4 is 15.9 Å². The van der Waals surface area contributed by atoms with E-state index in [2.05, 4.69) is 15.1 Å². The first-order chi connectivity index (χ1) is 10.8. The zero-order chi connectivity index (χ0) is 17.2. The van der Waals surface area contributed by atoms with Gasteiger partial charge in [0.05, 0.1) is 11.4 Å². The Morgan fingerprint density at radius 3 is 2.30 bits per heavy atom. The largest absolute Gasteiger partial charge is 0.357 e. The lowest BCUT2D eigenvalue weighted by molar-refractivity contribution is -0.122. The highest BCUT2D eigenvalue weighted by atomic mass is 32.2. The molecule has 1 atom stereocenters. The third-order valence-corrected chi connectivity index (χ3v) is 5.30. The van der Waals surface area contributed by atoms with E-state index in [0.717, 1.165) is 0 Å². The van der Waals surface area contributed by atoms with Gasteiger partial charge in [-0.25, -0.2) is 8.42 Å². The van der Waals surface area contributed by atoms with Gasteiger partial charge in [-0.2, -0.15) is 9.82 Å². The molecule has 0 saturated carbocycles. The Labute approximate surface area is 135 Å². The first-order valence-corrected chi connectivity index (χ1v) is 8.55. The smallest absolute Gasteiger partial charge is 0.245 e. The lowest BCUT2D eigenvalue weighted by Crippen LogP contribution is -2.39.